The van der Waals surface area contributed by atoms with Crippen molar-refractivity contribution in [1.82, 2.24) is 24.6 Å². The van der Waals surface area contributed by atoms with Crippen LogP contribution in [-0.4, -0.2) is 43.1 Å². The molecule has 134 valence electrons. The van der Waals surface area contributed by atoms with E-state index in [0.29, 0.717) is 5.69 Å². The summed E-state index contributed by atoms with van der Waals surface area (Å²) in [6.45, 7) is 1.59. The Bertz CT molecular complexity index is 846. The van der Waals surface area contributed by atoms with E-state index in [1.807, 2.05) is 28.5 Å². The molecule has 1 saturated heterocycles. The standard InChI is InChI=1S/C19H21N5OS/c25-19(17-12-26-14-20-17)24-10-4-7-16(24)8-9-18-22-21-13-23(18)11-15-5-2-1-3-6-15/h1-3,5-6,12-14,16H,4,7-11H2. The van der Waals surface area contributed by atoms with E-state index in [2.05, 4.69) is 31.9 Å². The van der Waals surface area contributed by atoms with Gasteiger partial charge in [-0.25, -0.2) is 4.98 Å². The summed E-state index contributed by atoms with van der Waals surface area (Å²) in [5, 5.41) is 10.2. The molecule has 7 heteroatoms. The SMILES string of the molecule is O=C(c1cscn1)N1CCCC1CCc1nncn1Cc1ccccc1. The molecule has 0 aliphatic carbocycles. The number of aromatic nitrogens is 4. The Hall–Kier alpha value is -2.54. The maximum absolute atomic E-state index is 12.6. The topological polar surface area (TPSA) is 63.9 Å². The predicted molar refractivity (Wildman–Crippen MR) is 100 cm³/mol. The Kier molecular flexibility index (Phi) is 5.06. The zero-order valence-electron chi connectivity index (χ0n) is 14.5. The minimum atomic E-state index is 0.0551. The molecule has 0 spiro atoms. The minimum absolute atomic E-state index is 0.0551. The van der Waals surface area contributed by atoms with Crippen LogP contribution in [0.1, 0.15) is 41.1 Å². The number of carbonyl (C=O) groups is 1. The normalized spacial score (nSPS) is 16.9. The number of rotatable bonds is 6. The van der Waals surface area contributed by atoms with Gasteiger partial charge in [0.25, 0.3) is 5.91 Å². The fraction of sp³-hybridized carbons (Fsp3) is 0.368. The molecule has 1 atom stereocenters. The highest BCUT2D eigenvalue weighted by Gasteiger charge is 2.30. The second-order valence-corrected chi connectivity index (χ2v) is 7.29. The third kappa shape index (κ3) is 3.67. The van der Waals surface area contributed by atoms with Gasteiger partial charge in [0.1, 0.15) is 17.8 Å². The molecule has 0 bridgehead atoms. The number of likely N-dealkylation sites (tertiary alicyclic amines) is 1. The predicted octanol–water partition coefficient (Wildman–Crippen LogP) is 3.02. The van der Waals surface area contributed by atoms with Crippen LogP contribution in [0.15, 0.2) is 47.5 Å². The van der Waals surface area contributed by atoms with Gasteiger partial charge in [0.2, 0.25) is 0 Å². The number of amides is 1. The molecular formula is C19H21N5OS. The Morgan fingerprint density at radius 3 is 2.96 bits per heavy atom. The molecule has 1 aliphatic rings. The van der Waals surface area contributed by atoms with E-state index in [1.54, 1.807) is 11.8 Å². The average Bonchev–Trinajstić information content (AvgIpc) is 3.42. The Balaban J connectivity index is 1.40. The van der Waals surface area contributed by atoms with Crippen LogP contribution in [-0.2, 0) is 13.0 Å². The molecule has 1 fully saturated rings. The van der Waals surface area contributed by atoms with E-state index < -0.39 is 0 Å². The first-order chi connectivity index (χ1) is 12.8. The fourth-order valence-corrected chi connectivity index (χ4v) is 4.07. The highest BCUT2D eigenvalue weighted by molar-refractivity contribution is 7.07. The molecule has 1 amide bonds. The first kappa shape index (κ1) is 16.9. The number of carbonyl (C=O) groups excluding carboxylic acids is 1. The first-order valence-corrected chi connectivity index (χ1v) is 9.85. The van der Waals surface area contributed by atoms with Gasteiger partial charge in [-0.3, -0.25) is 4.79 Å². The van der Waals surface area contributed by atoms with E-state index in [4.69, 9.17) is 0 Å². The summed E-state index contributed by atoms with van der Waals surface area (Å²) in [5.41, 5.74) is 3.51. The lowest BCUT2D eigenvalue weighted by Gasteiger charge is -2.24. The molecule has 1 aliphatic heterocycles. The van der Waals surface area contributed by atoms with Gasteiger partial charge < -0.3 is 9.47 Å². The van der Waals surface area contributed by atoms with Gasteiger partial charge in [0.15, 0.2) is 0 Å². The number of hydrogen-bond acceptors (Lipinski definition) is 5. The molecule has 0 N–H and O–H groups in total. The zero-order chi connectivity index (χ0) is 17.8. The summed E-state index contributed by atoms with van der Waals surface area (Å²) in [7, 11) is 0. The van der Waals surface area contributed by atoms with Crippen molar-refractivity contribution < 1.29 is 4.79 Å². The Morgan fingerprint density at radius 2 is 2.15 bits per heavy atom. The lowest BCUT2D eigenvalue weighted by Crippen LogP contribution is -2.36. The van der Waals surface area contributed by atoms with Crippen LogP contribution < -0.4 is 0 Å². The Morgan fingerprint density at radius 1 is 1.27 bits per heavy atom. The molecule has 0 saturated carbocycles. The fourth-order valence-electron chi connectivity index (χ4n) is 3.55. The molecule has 0 radical (unpaired) electrons. The zero-order valence-corrected chi connectivity index (χ0v) is 15.3. The molecule has 26 heavy (non-hydrogen) atoms. The molecule has 3 heterocycles. The van der Waals surface area contributed by atoms with Crippen molar-refractivity contribution in [2.75, 3.05) is 6.54 Å². The van der Waals surface area contributed by atoms with Crippen molar-refractivity contribution in [3.63, 3.8) is 0 Å². The van der Waals surface area contributed by atoms with Gasteiger partial charge in [-0.05, 0) is 24.8 Å². The molecule has 2 aromatic heterocycles. The van der Waals surface area contributed by atoms with E-state index in [1.165, 1.54) is 16.9 Å². The maximum Gasteiger partial charge on any atom is 0.273 e. The lowest BCUT2D eigenvalue weighted by molar-refractivity contribution is 0.0725. The molecule has 3 aromatic rings. The van der Waals surface area contributed by atoms with Crippen LogP contribution in [0.5, 0.6) is 0 Å². The number of aryl methyl sites for hydroxylation is 1. The molecule has 1 unspecified atom stereocenters. The molecule has 4 rings (SSSR count). The van der Waals surface area contributed by atoms with Crippen molar-refractivity contribution in [2.24, 2.45) is 0 Å². The molecular weight excluding hydrogens is 346 g/mol. The van der Waals surface area contributed by atoms with Crippen molar-refractivity contribution in [2.45, 2.75) is 38.3 Å². The van der Waals surface area contributed by atoms with Gasteiger partial charge in [0.05, 0.1) is 12.1 Å². The maximum atomic E-state index is 12.6. The van der Waals surface area contributed by atoms with Crippen molar-refractivity contribution in [3.8, 4) is 0 Å². The third-order valence-electron chi connectivity index (χ3n) is 4.88. The molecule has 1 aromatic carbocycles. The highest BCUT2D eigenvalue weighted by atomic mass is 32.1. The number of benzene rings is 1. The summed E-state index contributed by atoms with van der Waals surface area (Å²) in [6.07, 6.45) is 5.61. The summed E-state index contributed by atoms with van der Waals surface area (Å²) >= 11 is 1.46. The average molecular weight is 367 g/mol. The van der Waals surface area contributed by atoms with Crippen molar-refractivity contribution in [3.05, 3.63) is 64.6 Å². The van der Waals surface area contributed by atoms with Crippen molar-refractivity contribution in [1.29, 1.82) is 0 Å². The monoisotopic (exact) mass is 367 g/mol. The van der Waals surface area contributed by atoms with E-state index in [0.717, 1.165) is 44.6 Å². The highest BCUT2D eigenvalue weighted by Crippen LogP contribution is 2.24. The summed E-state index contributed by atoms with van der Waals surface area (Å²) < 4.78 is 2.09. The van der Waals surface area contributed by atoms with Crippen LogP contribution >= 0.6 is 11.3 Å². The Labute approximate surface area is 156 Å². The first-order valence-electron chi connectivity index (χ1n) is 8.91. The lowest BCUT2D eigenvalue weighted by atomic mass is 10.1. The van der Waals surface area contributed by atoms with Gasteiger partial charge in [0, 0.05) is 24.4 Å². The second-order valence-electron chi connectivity index (χ2n) is 6.57. The summed E-state index contributed by atoms with van der Waals surface area (Å²) in [5.74, 6) is 1.03. The van der Waals surface area contributed by atoms with Crippen LogP contribution in [0, 0.1) is 0 Å². The van der Waals surface area contributed by atoms with E-state index in [9.17, 15) is 4.79 Å². The summed E-state index contributed by atoms with van der Waals surface area (Å²) in [6, 6.07) is 10.6. The minimum Gasteiger partial charge on any atom is -0.334 e. The largest absolute Gasteiger partial charge is 0.334 e. The summed E-state index contributed by atoms with van der Waals surface area (Å²) in [4.78, 5) is 18.8. The second kappa shape index (κ2) is 7.78. The van der Waals surface area contributed by atoms with Gasteiger partial charge in [-0.15, -0.1) is 21.5 Å². The molecule has 6 nitrogen and oxygen atoms in total. The van der Waals surface area contributed by atoms with Crippen LogP contribution in [0.2, 0.25) is 0 Å². The quantitative estimate of drug-likeness (QED) is 0.672. The van der Waals surface area contributed by atoms with Crippen LogP contribution in [0.3, 0.4) is 0 Å². The number of thiazole rings is 1. The van der Waals surface area contributed by atoms with E-state index in [-0.39, 0.29) is 11.9 Å². The third-order valence-corrected chi connectivity index (χ3v) is 5.47. The van der Waals surface area contributed by atoms with Gasteiger partial charge in [-0.1, -0.05) is 30.3 Å². The number of nitrogens with zero attached hydrogens (tertiary/aromatic N) is 5. The van der Waals surface area contributed by atoms with E-state index >= 15 is 0 Å². The smallest absolute Gasteiger partial charge is 0.273 e. The van der Waals surface area contributed by atoms with Crippen LogP contribution in [0.25, 0.3) is 0 Å². The van der Waals surface area contributed by atoms with Crippen molar-refractivity contribution >= 4 is 17.2 Å². The van der Waals surface area contributed by atoms with Crippen LogP contribution in [0.4, 0.5) is 0 Å². The van der Waals surface area contributed by atoms with Gasteiger partial charge >= 0.3 is 0 Å². The van der Waals surface area contributed by atoms with Gasteiger partial charge in [-0.2, -0.15) is 0 Å². The number of hydrogen-bond donors (Lipinski definition) is 0.